The fourth-order valence-electron chi connectivity index (χ4n) is 1.02. The number of nitrogens with two attached hydrogens (primary N) is 1. The first-order valence-electron chi connectivity index (χ1n) is 5.16. The molecule has 8 N–H and O–H groups in total. The summed E-state index contributed by atoms with van der Waals surface area (Å²) < 4.78 is 0. The zero-order valence-corrected chi connectivity index (χ0v) is 9.29. The van der Waals surface area contributed by atoms with Gasteiger partial charge >= 0.3 is 0 Å². The first-order chi connectivity index (χ1) is 7.90. The molecule has 0 bridgehead atoms. The highest BCUT2D eigenvalue weighted by atomic mass is 16.4. The fraction of sp³-hybridized carbons (Fsp3) is 0.889. The van der Waals surface area contributed by atoms with Crippen LogP contribution in [0.3, 0.4) is 0 Å². The van der Waals surface area contributed by atoms with Gasteiger partial charge in [0, 0.05) is 19.2 Å². The molecule has 0 aromatic heterocycles. The molecular formula is C9H20N2O6. The third kappa shape index (κ3) is 6.64. The zero-order valence-electron chi connectivity index (χ0n) is 9.29. The molecule has 0 aliphatic heterocycles. The highest BCUT2D eigenvalue weighted by Crippen LogP contribution is 2.03. The van der Waals surface area contributed by atoms with E-state index in [9.17, 15) is 15.3 Å². The predicted octanol–water partition coefficient (Wildman–Crippen LogP) is -3.84. The molecule has 0 aliphatic rings. The van der Waals surface area contributed by atoms with E-state index in [1.807, 2.05) is 0 Å². The van der Waals surface area contributed by atoms with E-state index in [4.69, 9.17) is 21.1 Å². The third-order valence-corrected chi connectivity index (χ3v) is 2.09. The summed E-state index contributed by atoms with van der Waals surface area (Å²) in [7, 11) is 0. The van der Waals surface area contributed by atoms with Crippen LogP contribution in [0.4, 0.5) is 0 Å². The van der Waals surface area contributed by atoms with Crippen molar-refractivity contribution in [3.63, 3.8) is 0 Å². The quantitative estimate of drug-likeness (QED) is 0.172. The molecule has 0 aromatic carbocycles. The first kappa shape index (κ1) is 16.4. The molecule has 0 heterocycles. The maximum absolute atomic E-state index is 9.36. The molecule has 0 saturated carbocycles. The molecule has 17 heavy (non-hydrogen) atoms. The fourth-order valence-corrected chi connectivity index (χ4v) is 1.02. The van der Waals surface area contributed by atoms with E-state index in [1.165, 1.54) is 0 Å². The molecule has 0 amide bonds. The molecule has 0 saturated heterocycles. The van der Waals surface area contributed by atoms with Crippen LogP contribution >= 0.6 is 0 Å². The van der Waals surface area contributed by atoms with Crippen molar-refractivity contribution in [3.05, 3.63) is 0 Å². The number of rotatable bonds is 8. The Bertz CT molecular complexity index is 226. The lowest BCUT2D eigenvalue weighted by atomic mass is 10.0. The summed E-state index contributed by atoms with van der Waals surface area (Å²) in [6, 6.07) is 0. The van der Waals surface area contributed by atoms with Crippen molar-refractivity contribution in [2.75, 3.05) is 13.2 Å². The Morgan fingerprint density at radius 2 is 1.65 bits per heavy atom. The number of hydrogen-bond donors (Lipinski definition) is 7. The van der Waals surface area contributed by atoms with Crippen LogP contribution in [-0.2, 0) is 0 Å². The average Bonchev–Trinajstić information content (AvgIpc) is 2.31. The molecule has 0 rings (SSSR count). The number of aliphatic hydroxyl groups excluding tert-OH is 6. The van der Waals surface area contributed by atoms with Gasteiger partial charge in [-0.15, -0.1) is 0 Å². The number of aliphatic imine (C=N–C) groups is 1. The first-order valence-corrected chi connectivity index (χ1v) is 5.16. The van der Waals surface area contributed by atoms with E-state index >= 15 is 0 Å². The van der Waals surface area contributed by atoms with E-state index in [-0.39, 0.29) is 13.0 Å². The lowest BCUT2D eigenvalue weighted by Gasteiger charge is -2.23. The number of aliphatic hydroxyl groups is 6. The second-order valence-electron chi connectivity index (χ2n) is 3.63. The van der Waals surface area contributed by atoms with Crippen LogP contribution in [0.5, 0.6) is 0 Å². The lowest BCUT2D eigenvalue weighted by Crippen LogP contribution is -2.46. The van der Waals surface area contributed by atoms with Gasteiger partial charge < -0.3 is 36.4 Å². The third-order valence-electron chi connectivity index (χ3n) is 2.09. The number of hydrogen-bond acceptors (Lipinski definition) is 8. The highest BCUT2D eigenvalue weighted by Gasteiger charge is 2.28. The molecule has 0 fully saturated rings. The maximum atomic E-state index is 9.36. The topological polar surface area (TPSA) is 160 Å². The van der Waals surface area contributed by atoms with Crippen LogP contribution < -0.4 is 5.73 Å². The van der Waals surface area contributed by atoms with Crippen molar-refractivity contribution in [1.29, 1.82) is 0 Å². The normalized spacial score (nSPS) is 21.1. The van der Waals surface area contributed by atoms with E-state index < -0.39 is 37.3 Å². The van der Waals surface area contributed by atoms with Gasteiger partial charge in [-0.25, -0.2) is 0 Å². The van der Waals surface area contributed by atoms with E-state index in [0.29, 0.717) is 0 Å². The molecular weight excluding hydrogens is 232 g/mol. The molecule has 102 valence electrons. The van der Waals surface area contributed by atoms with Crippen molar-refractivity contribution >= 4 is 6.21 Å². The van der Waals surface area contributed by atoms with Crippen molar-refractivity contribution in [3.8, 4) is 0 Å². The van der Waals surface area contributed by atoms with Gasteiger partial charge in [0.25, 0.3) is 0 Å². The Balaban J connectivity index is 4.07. The summed E-state index contributed by atoms with van der Waals surface area (Å²) in [5.74, 6) is 0. The molecule has 0 aliphatic carbocycles. The van der Waals surface area contributed by atoms with Crippen molar-refractivity contribution < 1.29 is 30.6 Å². The van der Waals surface area contributed by atoms with Crippen LogP contribution in [0.2, 0.25) is 0 Å². The summed E-state index contributed by atoms with van der Waals surface area (Å²) in [5.41, 5.74) is 5.04. The Labute approximate surface area is 98.7 Å². The summed E-state index contributed by atoms with van der Waals surface area (Å²) in [6.45, 7) is -0.582. The second kappa shape index (κ2) is 8.48. The summed E-state index contributed by atoms with van der Waals surface area (Å²) >= 11 is 0. The van der Waals surface area contributed by atoms with Gasteiger partial charge in [0.15, 0.2) is 0 Å². The SMILES string of the molecule is NC(O)CCN=CC(O)C(O)C(O)C(O)CO. The van der Waals surface area contributed by atoms with Crippen molar-refractivity contribution in [1.82, 2.24) is 0 Å². The monoisotopic (exact) mass is 252 g/mol. The zero-order chi connectivity index (χ0) is 13.4. The highest BCUT2D eigenvalue weighted by molar-refractivity contribution is 5.63. The van der Waals surface area contributed by atoms with Gasteiger partial charge in [0.1, 0.15) is 30.6 Å². The minimum Gasteiger partial charge on any atom is -0.394 e. The van der Waals surface area contributed by atoms with E-state index in [1.54, 1.807) is 0 Å². The van der Waals surface area contributed by atoms with Gasteiger partial charge in [-0.1, -0.05) is 0 Å². The molecule has 8 nitrogen and oxygen atoms in total. The van der Waals surface area contributed by atoms with Gasteiger partial charge in [-0.05, 0) is 0 Å². The minimum absolute atomic E-state index is 0.153. The van der Waals surface area contributed by atoms with Gasteiger partial charge in [0.2, 0.25) is 0 Å². The Morgan fingerprint density at radius 1 is 1.06 bits per heavy atom. The average molecular weight is 252 g/mol. The van der Waals surface area contributed by atoms with Gasteiger partial charge in [-0.2, -0.15) is 0 Å². The van der Waals surface area contributed by atoms with E-state index in [0.717, 1.165) is 6.21 Å². The van der Waals surface area contributed by atoms with E-state index in [2.05, 4.69) is 4.99 Å². The maximum Gasteiger partial charge on any atom is 0.117 e. The van der Waals surface area contributed by atoms with Crippen LogP contribution in [0, 0.1) is 0 Å². The second-order valence-corrected chi connectivity index (χ2v) is 3.63. The molecule has 0 aromatic rings. The summed E-state index contributed by atoms with van der Waals surface area (Å²) in [5, 5.41) is 54.2. The smallest absolute Gasteiger partial charge is 0.117 e. The van der Waals surface area contributed by atoms with Crippen LogP contribution in [-0.4, -0.2) is 80.6 Å². The molecule has 0 radical (unpaired) electrons. The summed E-state index contributed by atoms with van der Waals surface area (Å²) in [4.78, 5) is 3.67. The molecule has 5 atom stereocenters. The molecule has 8 heteroatoms. The van der Waals surface area contributed by atoms with Crippen LogP contribution in [0.25, 0.3) is 0 Å². The Kier molecular flexibility index (Phi) is 8.17. The van der Waals surface area contributed by atoms with Crippen molar-refractivity contribution in [2.45, 2.75) is 37.1 Å². The van der Waals surface area contributed by atoms with Crippen LogP contribution in [0.1, 0.15) is 6.42 Å². The van der Waals surface area contributed by atoms with Crippen molar-refractivity contribution in [2.24, 2.45) is 10.7 Å². The standard InChI is InChI=1S/C9H20N2O6/c10-7(15)1-2-11-3-5(13)8(16)9(17)6(14)4-12/h3,5-9,12-17H,1-2,4,10H2. The van der Waals surface area contributed by atoms with Gasteiger partial charge in [0.05, 0.1) is 6.61 Å². The largest absolute Gasteiger partial charge is 0.394 e. The minimum atomic E-state index is -1.68. The summed E-state index contributed by atoms with van der Waals surface area (Å²) in [6.07, 6.45) is -6.21. The predicted molar refractivity (Wildman–Crippen MR) is 59.3 cm³/mol. The van der Waals surface area contributed by atoms with Crippen LogP contribution in [0.15, 0.2) is 4.99 Å². The lowest BCUT2D eigenvalue weighted by molar-refractivity contribution is -0.0999. The molecule has 5 unspecified atom stereocenters. The Hall–Kier alpha value is -0.610. The number of nitrogens with zero attached hydrogens (tertiary/aromatic N) is 1. The Morgan fingerprint density at radius 3 is 2.12 bits per heavy atom. The van der Waals surface area contributed by atoms with Gasteiger partial charge in [-0.3, -0.25) is 4.99 Å². The molecule has 0 spiro atoms.